The van der Waals surface area contributed by atoms with Crippen molar-refractivity contribution in [1.29, 1.82) is 0 Å². The standard InChI is InChI=1S/C12H16F2N2O/c1-8(2)3-4-17-12-10(13)5-9(7-16-15)6-11(12)14/h5-8H,3-4,15H2,1-2H3. The van der Waals surface area contributed by atoms with E-state index in [9.17, 15) is 8.78 Å². The largest absolute Gasteiger partial charge is 0.488 e. The molecule has 0 saturated heterocycles. The fourth-order valence-electron chi connectivity index (χ4n) is 1.27. The third kappa shape index (κ3) is 4.01. The minimum atomic E-state index is -0.747. The molecule has 0 amide bonds. The van der Waals surface area contributed by atoms with Crippen molar-refractivity contribution in [1.82, 2.24) is 0 Å². The lowest BCUT2D eigenvalue weighted by Crippen LogP contribution is -2.05. The van der Waals surface area contributed by atoms with Crippen molar-refractivity contribution in [2.45, 2.75) is 20.3 Å². The molecule has 1 rings (SSSR count). The Hall–Kier alpha value is -1.65. The third-order valence-corrected chi connectivity index (χ3v) is 2.19. The lowest BCUT2D eigenvalue weighted by atomic mass is 10.1. The lowest BCUT2D eigenvalue weighted by molar-refractivity contribution is 0.263. The van der Waals surface area contributed by atoms with Crippen LogP contribution >= 0.6 is 0 Å². The van der Waals surface area contributed by atoms with E-state index >= 15 is 0 Å². The van der Waals surface area contributed by atoms with Gasteiger partial charge in [0.15, 0.2) is 17.4 Å². The van der Waals surface area contributed by atoms with E-state index in [-0.39, 0.29) is 17.9 Å². The molecule has 2 N–H and O–H groups in total. The zero-order valence-electron chi connectivity index (χ0n) is 9.91. The molecular weight excluding hydrogens is 226 g/mol. The first kappa shape index (κ1) is 13.4. The van der Waals surface area contributed by atoms with Crippen LogP contribution in [0.5, 0.6) is 5.75 Å². The van der Waals surface area contributed by atoms with Crippen LogP contribution < -0.4 is 10.6 Å². The average molecular weight is 242 g/mol. The lowest BCUT2D eigenvalue weighted by Gasteiger charge is -2.10. The van der Waals surface area contributed by atoms with Crippen molar-refractivity contribution in [2.75, 3.05) is 6.61 Å². The second-order valence-electron chi connectivity index (χ2n) is 4.12. The predicted octanol–water partition coefficient (Wildman–Crippen LogP) is 2.68. The number of halogens is 2. The SMILES string of the molecule is CC(C)CCOc1c(F)cc(C=NN)cc1F. The number of nitrogens with zero attached hydrogens (tertiary/aromatic N) is 1. The van der Waals surface area contributed by atoms with E-state index in [0.717, 1.165) is 18.6 Å². The van der Waals surface area contributed by atoms with Gasteiger partial charge in [-0.1, -0.05) is 13.8 Å². The summed E-state index contributed by atoms with van der Waals surface area (Å²) in [4.78, 5) is 0. The Labute approximate surface area is 99.3 Å². The van der Waals surface area contributed by atoms with Crippen LogP contribution in [0.15, 0.2) is 17.2 Å². The molecule has 94 valence electrons. The van der Waals surface area contributed by atoms with Gasteiger partial charge in [0.25, 0.3) is 0 Å². The highest BCUT2D eigenvalue weighted by molar-refractivity contribution is 5.79. The Morgan fingerprint density at radius 1 is 1.35 bits per heavy atom. The van der Waals surface area contributed by atoms with Crippen LogP contribution in [0, 0.1) is 17.6 Å². The maximum atomic E-state index is 13.5. The van der Waals surface area contributed by atoms with Gasteiger partial charge >= 0.3 is 0 Å². The monoisotopic (exact) mass is 242 g/mol. The van der Waals surface area contributed by atoms with Crippen LogP contribution in [-0.4, -0.2) is 12.8 Å². The molecule has 0 aromatic heterocycles. The summed E-state index contributed by atoms with van der Waals surface area (Å²) in [5.74, 6) is 3.49. The topological polar surface area (TPSA) is 47.6 Å². The van der Waals surface area contributed by atoms with Gasteiger partial charge < -0.3 is 10.6 Å². The molecule has 1 aromatic carbocycles. The fourth-order valence-corrected chi connectivity index (χ4v) is 1.27. The molecule has 1 aromatic rings. The van der Waals surface area contributed by atoms with E-state index in [4.69, 9.17) is 10.6 Å². The molecule has 0 aliphatic heterocycles. The number of rotatable bonds is 5. The third-order valence-electron chi connectivity index (χ3n) is 2.19. The van der Waals surface area contributed by atoms with Gasteiger partial charge in [-0.15, -0.1) is 0 Å². The molecule has 0 aliphatic rings. The number of nitrogens with two attached hydrogens (primary N) is 1. The first-order valence-electron chi connectivity index (χ1n) is 5.39. The quantitative estimate of drug-likeness (QED) is 0.490. The Balaban J connectivity index is 2.79. The molecule has 0 bridgehead atoms. The van der Waals surface area contributed by atoms with Crippen LogP contribution in [0.4, 0.5) is 8.78 Å². The van der Waals surface area contributed by atoms with Crippen molar-refractivity contribution in [3.05, 3.63) is 29.3 Å². The Kier molecular flexibility index (Phi) is 4.87. The second kappa shape index (κ2) is 6.18. The molecule has 0 atom stereocenters. The van der Waals surface area contributed by atoms with Crippen LogP contribution in [0.1, 0.15) is 25.8 Å². The number of hydrogen-bond acceptors (Lipinski definition) is 3. The van der Waals surface area contributed by atoms with Gasteiger partial charge in [-0.05, 0) is 24.5 Å². The summed E-state index contributed by atoms with van der Waals surface area (Å²) in [7, 11) is 0. The molecule has 3 nitrogen and oxygen atoms in total. The van der Waals surface area contributed by atoms with Crippen molar-refractivity contribution >= 4 is 6.21 Å². The summed E-state index contributed by atoms with van der Waals surface area (Å²) >= 11 is 0. The molecule has 0 fully saturated rings. The van der Waals surface area contributed by atoms with Crippen molar-refractivity contribution in [3.63, 3.8) is 0 Å². The highest BCUT2D eigenvalue weighted by Gasteiger charge is 2.12. The highest BCUT2D eigenvalue weighted by Crippen LogP contribution is 2.23. The zero-order chi connectivity index (χ0) is 12.8. The van der Waals surface area contributed by atoms with E-state index < -0.39 is 11.6 Å². The van der Waals surface area contributed by atoms with Gasteiger partial charge in [-0.3, -0.25) is 0 Å². The molecular formula is C12H16F2N2O. The molecule has 0 saturated carbocycles. The van der Waals surface area contributed by atoms with E-state index in [1.54, 1.807) is 0 Å². The summed E-state index contributed by atoms with van der Waals surface area (Å²) < 4.78 is 32.1. The zero-order valence-corrected chi connectivity index (χ0v) is 9.91. The minimum Gasteiger partial charge on any atom is -0.488 e. The van der Waals surface area contributed by atoms with Crippen molar-refractivity contribution in [3.8, 4) is 5.75 Å². The normalized spacial score (nSPS) is 11.4. The molecule has 0 aliphatic carbocycles. The molecule has 0 unspecified atom stereocenters. The summed E-state index contributed by atoms with van der Waals surface area (Å²) in [6.45, 7) is 4.31. The van der Waals surface area contributed by atoms with Crippen molar-refractivity contribution in [2.24, 2.45) is 16.9 Å². The Morgan fingerprint density at radius 2 is 1.94 bits per heavy atom. The smallest absolute Gasteiger partial charge is 0.190 e. The summed E-state index contributed by atoms with van der Waals surface area (Å²) in [5.41, 5.74) is 0.263. The number of benzene rings is 1. The Bertz CT molecular complexity index is 382. The highest BCUT2D eigenvalue weighted by atomic mass is 19.1. The maximum Gasteiger partial charge on any atom is 0.190 e. The number of ether oxygens (including phenoxy) is 1. The summed E-state index contributed by atoms with van der Waals surface area (Å²) in [6, 6.07) is 2.26. The van der Waals surface area contributed by atoms with Gasteiger partial charge in [0.05, 0.1) is 12.8 Å². The molecule has 0 heterocycles. The minimum absolute atomic E-state index is 0.263. The van der Waals surface area contributed by atoms with E-state index in [1.807, 2.05) is 13.8 Å². The number of hydrazone groups is 1. The first-order valence-corrected chi connectivity index (χ1v) is 5.39. The summed E-state index contributed by atoms with van der Waals surface area (Å²) in [5, 5.41) is 3.20. The van der Waals surface area contributed by atoms with Gasteiger partial charge in [-0.25, -0.2) is 8.78 Å². The van der Waals surface area contributed by atoms with Crippen LogP contribution in [0.25, 0.3) is 0 Å². The van der Waals surface area contributed by atoms with Crippen LogP contribution in [0.2, 0.25) is 0 Å². The molecule has 0 radical (unpaired) electrons. The van der Waals surface area contributed by atoms with Crippen LogP contribution in [0.3, 0.4) is 0 Å². The van der Waals surface area contributed by atoms with E-state index in [1.165, 1.54) is 6.21 Å². The molecule has 17 heavy (non-hydrogen) atoms. The van der Waals surface area contributed by atoms with Gasteiger partial charge in [0.2, 0.25) is 0 Å². The molecule has 5 heteroatoms. The van der Waals surface area contributed by atoms with Crippen molar-refractivity contribution < 1.29 is 13.5 Å². The van der Waals surface area contributed by atoms with Gasteiger partial charge in [-0.2, -0.15) is 5.10 Å². The van der Waals surface area contributed by atoms with Gasteiger partial charge in [0, 0.05) is 5.56 Å². The average Bonchev–Trinajstić information content (AvgIpc) is 2.22. The van der Waals surface area contributed by atoms with E-state index in [0.29, 0.717) is 5.92 Å². The van der Waals surface area contributed by atoms with E-state index in [2.05, 4.69) is 5.10 Å². The van der Waals surface area contributed by atoms with Crippen LogP contribution in [-0.2, 0) is 0 Å². The maximum absolute atomic E-state index is 13.5. The number of hydrogen-bond donors (Lipinski definition) is 1. The first-order chi connectivity index (χ1) is 8.04. The van der Waals surface area contributed by atoms with Gasteiger partial charge in [0.1, 0.15) is 0 Å². The second-order valence-corrected chi connectivity index (χ2v) is 4.12. The molecule has 0 spiro atoms. The Morgan fingerprint density at radius 3 is 2.41 bits per heavy atom. The summed E-state index contributed by atoms with van der Waals surface area (Å²) in [6.07, 6.45) is 1.91. The fraction of sp³-hybridized carbons (Fsp3) is 0.417. The predicted molar refractivity (Wildman–Crippen MR) is 63.1 cm³/mol.